The lowest BCUT2D eigenvalue weighted by atomic mass is 9.63. The number of nitrogens with zero attached hydrogens (tertiary/aromatic N) is 3. The lowest BCUT2D eigenvalue weighted by Gasteiger charge is -2.44. The van der Waals surface area contributed by atoms with Crippen LogP contribution in [0, 0.1) is 5.92 Å². The summed E-state index contributed by atoms with van der Waals surface area (Å²) in [5.41, 5.74) is 10.4. The highest BCUT2D eigenvalue weighted by Crippen LogP contribution is 2.57. The SMILES string of the molecule is CC(C)CN1CN2c3cc4c(cc3N(C)c3cccc1c32)C(C)(C)CCC4(C)C. The lowest BCUT2D eigenvalue weighted by Crippen LogP contribution is -2.36. The fourth-order valence-corrected chi connectivity index (χ4v) is 5.64. The summed E-state index contributed by atoms with van der Waals surface area (Å²) in [6, 6.07) is 11.8. The summed E-state index contributed by atoms with van der Waals surface area (Å²) in [7, 11) is 2.24. The minimum atomic E-state index is 0.232. The summed E-state index contributed by atoms with van der Waals surface area (Å²) in [4.78, 5) is 7.54. The molecule has 0 radical (unpaired) electrons. The van der Waals surface area contributed by atoms with Crippen molar-refractivity contribution in [3.63, 3.8) is 0 Å². The molecule has 0 amide bonds. The minimum Gasteiger partial charge on any atom is -0.351 e. The van der Waals surface area contributed by atoms with E-state index in [1.807, 2.05) is 0 Å². The molecule has 0 bridgehead atoms. The van der Waals surface area contributed by atoms with Crippen LogP contribution in [0.3, 0.4) is 0 Å². The van der Waals surface area contributed by atoms with E-state index in [-0.39, 0.29) is 10.8 Å². The Hall–Kier alpha value is -2.16. The predicted molar refractivity (Wildman–Crippen MR) is 125 cm³/mol. The molecule has 3 aliphatic rings. The van der Waals surface area contributed by atoms with Gasteiger partial charge in [0.2, 0.25) is 0 Å². The third-order valence-electron chi connectivity index (χ3n) is 7.46. The first-order valence-electron chi connectivity index (χ1n) is 11.2. The van der Waals surface area contributed by atoms with E-state index in [9.17, 15) is 0 Å². The zero-order valence-corrected chi connectivity index (χ0v) is 19.1. The average molecular weight is 390 g/mol. The van der Waals surface area contributed by atoms with Crippen LogP contribution < -0.4 is 14.7 Å². The zero-order valence-electron chi connectivity index (χ0n) is 19.1. The van der Waals surface area contributed by atoms with Crippen LogP contribution in [0.2, 0.25) is 0 Å². The molecule has 0 N–H and O–H groups in total. The summed E-state index contributed by atoms with van der Waals surface area (Å²) < 4.78 is 0. The van der Waals surface area contributed by atoms with E-state index in [0.29, 0.717) is 5.92 Å². The van der Waals surface area contributed by atoms with Crippen LogP contribution in [-0.2, 0) is 10.8 Å². The van der Waals surface area contributed by atoms with E-state index in [2.05, 4.69) is 93.6 Å². The molecule has 0 atom stereocenters. The van der Waals surface area contributed by atoms with Gasteiger partial charge in [-0.25, -0.2) is 0 Å². The average Bonchev–Trinajstić information content (AvgIpc) is 3.01. The fraction of sp³-hybridized carbons (Fsp3) is 0.538. The Morgan fingerprint density at radius 1 is 0.862 bits per heavy atom. The highest BCUT2D eigenvalue weighted by molar-refractivity contribution is 6.01. The van der Waals surface area contributed by atoms with Crippen molar-refractivity contribution < 1.29 is 0 Å². The molecule has 0 unspecified atom stereocenters. The third kappa shape index (κ3) is 2.62. The molecular weight excluding hydrogens is 354 g/mol. The molecule has 1 aliphatic carbocycles. The molecule has 29 heavy (non-hydrogen) atoms. The van der Waals surface area contributed by atoms with Gasteiger partial charge in [0.15, 0.2) is 0 Å². The molecule has 0 spiro atoms. The number of hydrogen-bond donors (Lipinski definition) is 0. The molecule has 3 heteroatoms. The summed E-state index contributed by atoms with van der Waals surface area (Å²) in [6.45, 7) is 16.4. The molecule has 2 aromatic rings. The Labute approximate surface area is 176 Å². The largest absolute Gasteiger partial charge is 0.351 e. The van der Waals surface area contributed by atoms with Gasteiger partial charge in [-0.05, 0) is 65.0 Å². The van der Waals surface area contributed by atoms with Crippen molar-refractivity contribution >= 4 is 28.4 Å². The second-order valence-corrected chi connectivity index (χ2v) is 11.0. The summed E-state index contributed by atoms with van der Waals surface area (Å²) in [5, 5.41) is 0. The number of benzene rings is 2. The van der Waals surface area contributed by atoms with Crippen LogP contribution in [0.1, 0.15) is 65.5 Å². The first-order valence-corrected chi connectivity index (χ1v) is 11.2. The maximum atomic E-state index is 2.57. The van der Waals surface area contributed by atoms with Gasteiger partial charge in [-0.15, -0.1) is 0 Å². The maximum absolute atomic E-state index is 2.57. The predicted octanol–water partition coefficient (Wildman–Crippen LogP) is 6.69. The zero-order chi connectivity index (χ0) is 20.7. The molecule has 2 aromatic carbocycles. The number of hydrogen-bond acceptors (Lipinski definition) is 3. The highest BCUT2D eigenvalue weighted by atomic mass is 15.4. The molecule has 154 valence electrons. The normalized spacial score (nSPS) is 20.6. The Bertz CT molecular complexity index is 986. The molecular formula is C26H35N3. The first-order chi connectivity index (χ1) is 13.6. The first kappa shape index (κ1) is 18.8. The fourth-order valence-electron chi connectivity index (χ4n) is 5.64. The van der Waals surface area contributed by atoms with Crippen molar-refractivity contribution in [2.45, 2.75) is 65.2 Å². The molecule has 2 aliphatic heterocycles. The van der Waals surface area contributed by atoms with Crippen molar-refractivity contribution in [2.75, 3.05) is 35.0 Å². The monoisotopic (exact) mass is 389 g/mol. The van der Waals surface area contributed by atoms with Gasteiger partial charge in [0.1, 0.15) is 0 Å². The third-order valence-corrected chi connectivity index (χ3v) is 7.46. The minimum absolute atomic E-state index is 0.232. The van der Waals surface area contributed by atoms with Crippen molar-refractivity contribution in [1.82, 2.24) is 0 Å². The summed E-state index contributed by atoms with van der Waals surface area (Å²) in [5.74, 6) is 0.646. The Balaban J connectivity index is 1.72. The van der Waals surface area contributed by atoms with Gasteiger partial charge in [0.05, 0.1) is 35.1 Å². The van der Waals surface area contributed by atoms with Gasteiger partial charge in [0.25, 0.3) is 0 Å². The molecule has 0 saturated heterocycles. The Morgan fingerprint density at radius 3 is 2.07 bits per heavy atom. The second-order valence-electron chi connectivity index (χ2n) is 11.0. The molecule has 2 heterocycles. The van der Waals surface area contributed by atoms with E-state index < -0.39 is 0 Å². The topological polar surface area (TPSA) is 9.72 Å². The Kier molecular flexibility index (Phi) is 3.85. The van der Waals surface area contributed by atoms with Crippen LogP contribution in [0.4, 0.5) is 28.4 Å². The van der Waals surface area contributed by atoms with Crippen molar-refractivity contribution in [2.24, 2.45) is 5.92 Å². The van der Waals surface area contributed by atoms with Crippen LogP contribution >= 0.6 is 0 Å². The standard InChI is InChI=1S/C26H35N3/c1-17(2)15-28-16-29-23-14-19-18(25(3,4)11-12-26(19,5)6)13-22(23)27(7)20-9-8-10-21(28)24(20)29/h8-10,13-14,17H,11-12,15-16H2,1-7H3. The van der Waals surface area contributed by atoms with Gasteiger partial charge in [-0.3, -0.25) is 0 Å². The number of fused-ring (bicyclic) bond motifs is 3. The smallest absolute Gasteiger partial charge is 0.0954 e. The van der Waals surface area contributed by atoms with Gasteiger partial charge < -0.3 is 14.7 Å². The highest BCUT2D eigenvalue weighted by Gasteiger charge is 2.41. The van der Waals surface area contributed by atoms with E-state index in [1.165, 1.54) is 46.8 Å². The summed E-state index contributed by atoms with van der Waals surface area (Å²) in [6.07, 6.45) is 2.51. The lowest BCUT2D eigenvalue weighted by molar-refractivity contribution is 0.332. The van der Waals surface area contributed by atoms with Gasteiger partial charge in [0, 0.05) is 13.6 Å². The molecule has 0 aromatic heterocycles. The van der Waals surface area contributed by atoms with E-state index in [1.54, 1.807) is 5.56 Å². The van der Waals surface area contributed by atoms with Crippen LogP contribution in [0.25, 0.3) is 0 Å². The van der Waals surface area contributed by atoms with Crippen LogP contribution in [-0.4, -0.2) is 20.3 Å². The van der Waals surface area contributed by atoms with Gasteiger partial charge in [-0.1, -0.05) is 47.6 Å². The molecule has 3 nitrogen and oxygen atoms in total. The van der Waals surface area contributed by atoms with Crippen molar-refractivity contribution in [1.29, 1.82) is 0 Å². The van der Waals surface area contributed by atoms with Gasteiger partial charge in [-0.2, -0.15) is 0 Å². The molecule has 0 saturated carbocycles. The van der Waals surface area contributed by atoms with E-state index in [4.69, 9.17) is 0 Å². The second kappa shape index (κ2) is 5.93. The van der Waals surface area contributed by atoms with Crippen LogP contribution in [0.15, 0.2) is 30.3 Å². The van der Waals surface area contributed by atoms with Crippen molar-refractivity contribution in [3.8, 4) is 0 Å². The van der Waals surface area contributed by atoms with Crippen molar-refractivity contribution in [3.05, 3.63) is 41.5 Å². The Morgan fingerprint density at radius 2 is 1.45 bits per heavy atom. The number of para-hydroxylation sites is 1. The van der Waals surface area contributed by atoms with E-state index in [0.717, 1.165) is 13.2 Å². The van der Waals surface area contributed by atoms with Crippen LogP contribution in [0.5, 0.6) is 0 Å². The molecule has 5 rings (SSSR count). The van der Waals surface area contributed by atoms with E-state index >= 15 is 0 Å². The summed E-state index contributed by atoms with van der Waals surface area (Å²) >= 11 is 0. The number of rotatable bonds is 2. The molecule has 0 fully saturated rings. The quantitative estimate of drug-likeness (QED) is 0.566. The van der Waals surface area contributed by atoms with Gasteiger partial charge >= 0.3 is 0 Å². The number of anilines is 5. The maximum Gasteiger partial charge on any atom is 0.0954 e.